The van der Waals surface area contributed by atoms with Gasteiger partial charge in [0.25, 0.3) is 0 Å². The van der Waals surface area contributed by atoms with Crippen LogP contribution in [0, 0.1) is 11.8 Å². The van der Waals surface area contributed by atoms with Gasteiger partial charge in [0.05, 0.1) is 6.61 Å². The number of aromatic amines is 1. The van der Waals surface area contributed by atoms with Crippen molar-refractivity contribution in [2.24, 2.45) is 5.73 Å². The van der Waals surface area contributed by atoms with Gasteiger partial charge in [-0.1, -0.05) is 36.3 Å². The van der Waals surface area contributed by atoms with E-state index >= 15 is 0 Å². The molecule has 4 aromatic rings. The van der Waals surface area contributed by atoms with Crippen molar-refractivity contribution in [2.45, 2.75) is 12.3 Å². The van der Waals surface area contributed by atoms with Crippen molar-refractivity contribution in [3.05, 3.63) is 101 Å². The van der Waals surface area contributed by atoms with Crippen molar-refractivity contribution in [2.75, 3.05) is 6.61 Å². The molecule has 4 rings (SSSR count). The van der Waals surface area contributed by atoms with Crippen LogP contribution in [0.15, 0.2) is 73.1 Å². The largest absolute Gasteiger partial charge is 0.396 e. The van der Waals surface area contributed by atoms with E-state index in [1.807, 2.05) is 54.7 Å². The number of H-pyrrole nitrogens is 1. The summed E-state index contributed by atoms with van der Waals surface area (Å²) in [5.74, 6) is 5.28. The number of benzene rings is 2. The molecular formula is C25H21N3O2. The first-order valence-electron chi connectivity index (χ1n) is 9.69. The number of hydrogen-bond acceptors (Lipinski definition) is 3. The molecule has 0 fully saturated rings. The molecule has 4 N–H and O–H groups in total. The van der Waals surface area contributed by atoms with Crippen LogP contribution in [0.25, 0.3) is 10.9 Å². The number of aromatic nitrogens is 2. The molecule has 1 amide bonds. The Kier molecular flexibility index (Phi) is 5.60. The van der Waals surface area contributed by atoms with Crippen molar-refractivity contribution in [1.82, 2.24) is 9.97 Å². The summed E-state index contributed by atoms with van der Waals surface area (Å²) in [5.41, 5.74) is 10.1. The van der Waals surface area contributed by atoms with E-state index in [1.54, 1.807) is 18.3 Å². The van der Waals surface area contributed by atoms with Crippen molar-refractivity contribution in [1.29, 1.82) is 0 Å². The quantitative estimate of drug-likeness (QED) is 0.452. The topological polar surface area (TPSA) is 92.0 Å². The fourth-order valence-corrected chi connectivity index (χ4v) is 3.72. The van der Waals surface area contributed by atoms with Crippen molar-refractivity contribution < 1.29 is 9.90 Å². The summed E-state index contributed by atoms with van der Waals surface area (Å²) in [6, 6.07) is 18.8. The second kappa shape index (κ2) is 8.64. The molecule has 148 valence electrons. The minimum Gasteiger partial charge on any atom is -0.396 e. The molecule has 0 radical (unpaired) electrons. The summed E-state index contributed by atoms with van der Waals surface area (Å²) in [5, 5.41) is 11.3. The Balaban J connectivity index is 1.78. The number of nitrogens with zero attached hydrogens (tertiary/aromatic N) is 1. The second-order valence-electron chi connectivity index (χ2n) is 7.04. The fraction of sp³-hybridized carbons (Fsp3) is 0.120. The van der Waals surface area contributed by atoms with E-state index in [1.165, 1.54) is 0 Å². The van der Waals surface area contributed by atoms with Gasteiger partial charge in [-0.3, -0.25) is 4.79 Å². The van der Waals surface area contributed by atoms with E-state index in [0.29, 0.717) is 28.8 Å². The first-order chi connectivity index (χ1) is 14.7. The minimum atomic E-state index is -0.538. The zero-order valence-corrected chi connectivity index (χ0v) is 16.3. The molecule has 0 saturated heterocycles. The average molecular weight is 395 g/mol. The molecule has 0 bridgehead atoms. The fourth-order valence-electron chi connectivity index (χ4n) is 3.72. The number of rotatable bonds is 5. The maximum absolute atomic E-state index is 12.2. The maximum Gasteiger partial charge on any atom is 0.249 e. The Bertz CT molecular complexity index is 1250. The Morgan fingerprint density at radius 3 is 2.67 bits per heavy atom. The molecule has 1 atom stereocenters. The number of aliphatic hydroxyl groups excluding tert-OH is 1. The normalized spacial score (nSPS) is 11.6. The van der Waals surface area contributed by atoms with Crippen LogP contribution in [0.1, 0.15) is 38.7 Å². The van der Waals surface area contributed by atoms with E-state index in [9.17, 15) is 9.90 Å². The molecular weight excluding hydrogens is 374 g/mol. The lowest BCUT2D eigenvalue weighted by molar-refractivity contribution is 0.0998. The third kappa shape index (κ3) is 3.95. The summed E-state index contributed by atoms with van der Waals surface area (Å²) >= 11 is 0. The summed E-state index contributed by atoms with van der Waals surface area (Å²) < 4.78 is 0. The molecule has 0 aliphatic rings. The predicted molar refractivity (Wildman–Crippen MR) is 117 cm³/mol. The molecule has 0 aliphatic carbocycles. The van der Waals surface area contributed by atoms with Gasteiger partial charge in [0.2, 0.25) is 5.91 Å². The zero-order chi connectivity index (χ0) is 20.9. The van der Waals surface area contributed by atoms with Crippen molar-refractivity contribution in [3.8, 4) is 11.8 Å². The van der Waals surface area contributed by atoms with Gasteiger partial charge in [0.15, 0.2) is 0 Å². The lowest BCUT2D eigenvalue weighted by Gasteiger charge is -2.19. The van der Waals surface area contributed by atoms with E-state index in [2.05, 4.69) is 21.8 Å². The van der Waals surface area contributed by atoms with Crippen LogP contribution >= 0.6 is 0 Å². The lowest BCUT2D eigenvalue weighted by Crippen LogP contribution is -2.19. The highest BCUT2D eigenvalue weighted by Crippen LogP contribution is 2.30. The molecule has 0 aliphatic heterocycles. The van der Waals surface area contributed by atoms with Gasteiger partial charge in [-0.2, -0.15) is 0 Å². The number of amides is 1. The van der Waals surface area contributed by atoms with E-state index in [4.69, 9.17) is 5.73 Å². The molecule has 0 unspecified atom stereocenters. The van der Waals surface area contributed by atoms with Crippen LogP contribution in [-0.4, -0.2) is 27.6 Å². The van der Waals surface area contributed by atoms with Crippen LogP contribution < -0.4 is 5.73 Å². The molecule has 2 heterocycles. The zero-order valence-electron chi connectivity index (χ0n) is 16.3. The lowest BCUT2D eigenvalue weighted by atomic mass is 9.85. The van der Waals surface area contributed by atoms with Crippen LogP contribution in [0.2, 0.25) is 0 Å². The Morgan fingerprint density at radius 1 is 1.07 bits per heavy atom. The highest BCUT2D eigenvalue weighted by Gasteiger charge is 2.22. The van der Waals surface area contributed by atoms with Gasteiger partial charge >= 0.3 is 0 Å². The molecule has 2 aromatic carbocycles. The second-order valence-corrected chi connectivity index (χ2v) is 7.04. The van der Waals surface area contributed by atoms with Crippen molar-refractivity contribution >= 4 is 16.8 Å². The van der Waals surface area contributed by atoms with Gasteiger partial charge in [0, 0.05) is 40.3 Å². The maximum atomic E-state index is 12.2. The van der Waals surface area contributed by atoms with Gasteiger partial charge in [-0.25, -0.2) is 4.98 Å². The molecule has 2 aromatic heterocycles. The SMILES string of the molecule is NC(=O)c1cccc(C#Cc2ccccn2)c1[C@H](CO)Cc1c[nH]c2ccccc12. The first kappa shape index (κ1) is 19.4. The van der Waals surface area contributed by atoms with Gasteiger partial charge < -0.3 is 15.8 Å². The van der Waals surface area contributed by atoms with Crippen LogP contribution in [0.5, 0.6) is 0 Å². The Labute approximate surface area is 174 Å². The van der Waals surface area contributed by atoms with Crippen LogP contribution in [0.3, 0.4) is 0 Å². The third-order valence-electron chi connectivity index (χ3n) is 5.13. The summed E-state index contributed by atoms with van der Waals surface area (Å²) in [4.78, 5) is 19.6. The number of hydrogen-bond donors (Lipinski definition) is 3. The smallest absolute Gasteiger partial charge is 0.249 e. The number of aliphatic hydroxyl groups is 1. The molecule has 5 heteroatoms. The average Bonchev–Trinajstić information content (AvgIpc) is 3.19. The highest BCUT2D eigenvalue weighted by atomic mass is 16.3. The van der Waals surface area contributed by atoms with E-state index in [-0.39, 0.29) is 12.5 Å². The van der Waals surface area contributed by atoms with Crippen LogP contribution in [0.4, 0.5) is 0 Å². The summed E-state index contributed by atoms with van der Waals surface area (Å²) in [7, 11) is 0. The Hall–Kier alpha value is -3.88. The number of primary amides is 1. The number of carbonyl (C=O) groups is 1. The molecule has 30 heavy (non-hydrogen) atoms. The number of pyridine rings is 1. The first-order valence-corrected chi connectivity index (χ1v) is 9.69. The number of nitrogens with two attached hydrogens (primary N) is 1. The number of nitrogens with one attached hydrogen (secondary N) is 1. The summed E-state index contributed by atoms with van der Waals surface area (Å²) in [6.07, 6.45) is 4.17. The van der Waals surface area contributed by atoms with Crippen molar-refractivity contribution in [3.63, 3.8) is 0 Å². The number of para-hydroxylation sites is 1. The predicted octanol–water partition coefficient (Wildman–Crippen LogP) is 3.38. The van der Waals surface area contributed by atoms with Crippen LogP contribution in [-0.2, 0) is 6.42 Å². The highest BCUT2D eigenvalue weighted by molar-refractivity contribution is 5.95. The van der Waals surface area contributed by atoms with E-state index < -0.39 is 5.91 Å². The molecule has 0 spiro atoms. The van der Waals surface area contributed by atoms with Gasteiger partial charge in [0.1, 0.15) is 5.69 Å². The third-order valence-corrected chi connectivity index (χ3v) is 5.13. The monoisotopic (exact) mass is 395 g/mol. The Morgan fingerprint density at radius 2 is 1.90 bits per heavy atom. The van der Waals surface area contributed by atoms with Gasteiger partial charge in [-0.15, -0.1) is 0 Å². The van der Waals surface area contributed by atoms with Gasteiger partial charge in [-0.05, 0) is 53.8 Å². The minimum absolute atomic E-state index is 0.137. The molecule has 5 nitrogen and oxygen atoms in total. The number of fused-ring (bicyclic) bond motifs is 1. The molecule has 0 saturated carbocycles. The standard InChI is InChI=1S/C25H21N3O2/c26-25(30)22-9-5-6-17(11-12-20-7-3-4-13-27-20)24(22)19(16-29)14-18-15-28-23-10-2-1-8-21(18)23/h1-10,13,15,19,28-29H,14,16H2,(H2,26,30)/t19-/m0/s1. The van der Waals surface area contributed by atoms with E-state index in [0.717, 1.165) is 16.5 Å². The number of carbonyl (C=O) groups excluding carboxylic acids is 1. The summed E-state index contributed by atoms with van der Waals surface area (Å²) in [6.45, 7) is -0.137.